The number of carbonyl (C=O) groups is 1. The van der Waals surface area contributed by atoms with Crippen molar-refractivity contribution >= 4 is 34.2 Å². The number of ether oxygens (including phenoxy) is 1. The van der Waals surface area contributed by atoms with Crippen LogP contribution in [0, 0.1) is 12.7 Å². The van der Waals surface area contributed by atoms with Crippen LogP contribution < -0.4 is 15.1 Å². The highest BCUT2D eigenvalue weighted by molar-refractivity contribution is 6.32. The fourth-order valence-corrected chi connectivity index (χ4v) is 4.37. The Bertz CT molecular complexity index is 1450. The van der Waals surface area contributed by atoms with Crippen LogP contribution in [0.1, 0.15) is 33.3 Å². The Morgan fingerprint density at radius 2 is 1.78 bits per heavy atom. The van der Waals surface area contributed by atoms with E-state index in [4.69, 9.17) is 20.8 Å². The molecule has 1 atom stereocenters. The molecule has 3 aromatic carbocycles. The van der Waals surface area contributed by atoms with Gasteiger partial charge in [0.2, 0.25) is 5.76 Å². The summed E-state index contributed by atoms with van der Waals surface area (Å²) in [5.41, 5.74) is 2.18. The molecular formula is C25H17ClFNO4. The van der Waals surface area contributed by atoms with Gasteiger partial charge < -0.3 is 9.15 Å². The van der Waals surface area contributed by atoms with Gasteiger partial charge in [0, 0.05) is 5.69 Å². The van der Waals surface area contributed by atoms with Crippen molar-refractivity contribution in [3.05, 3.63) is 104 Å². The topological polar surface area (TPSA) is 59.8 Å². The highest BCUT2D eigenvalue weighted by Crippen LogP contribution is 2.42. The molecule has 0 aliphatic carbocycles. The summed E-state index contributed by atoms with van der Waals surface area (Å²) in [5, 5.41) is 0.699. The fourth-order valence-electron chi connectivity index (χ4n) is 4.12. The first-order valence-electron chi connectivity index (χ1n) is 9.89. The summed E-state index contributed by atoms with van der Waals surface area (Å²) in [6, 6.07) is 15.0. The number of anilines is 1. The van der Waals surface area contributed by atoms with E-state index in [2.05, 4.69) is 0 Å². The molecule has 0 radical (unpaired) electrons. The van der Waals surface area contributed by atoms with Crippen molar-refractivity contribution in [2.45, 2.75) is 13.0 Å². The van der Waals surface area contributed by atoms with E-state index in [9.17, 15) is 14.0 Å². The maximum absolute atomic E-state index is 13.6. The van der Waals surface area contributed by atoms with E-state index in [1.807, 2.05) is 13.0 Å². The van der Waals surface area contributed by atoms with Gasteiger partial charge in [0.25, 0.3) is 5.91 Å². The zero-order valence-electron chi connectivity index (χ0n) is 17.2. The van der Waals surface area contributed by atoms with E-state index in [1.54, 1.807) is 42.5 Å². The van der Waals surface area contributed by atoms with Crippen molar-refractivity contribution in [2.24, 2.45) is 0 Å². The first-order valence-corrected chi connectivity index (χ1v) is 10.3. The van der Waals surface area contributed by atoms with Gasteiger partial charge in [-0.25, -0.2) is 4.39 Å². The molecule has 0 saturated carbocycles. The van der Waals surface area contributed by atoms with Crippen LogP contribution in [0.3, 0.4) is 0 Å². The second-order valence-electron chi connectivity index (χ2n) is 7.62. The number of carbonyl (C=O) groups excluding carboxylic acids is 1. The van der Waals surface area contributed by atoms with Crippen LogP contribution in [0.4, 0.5) is 10.1 Å². The maximum Gasteiger partial charge on any atom is 0.295 e. The molecule has 2 heterocycles. The van der Waals surface area contributed by atoms with Crippen LogP contribution >= 0.6 is 11.6 Å². The van der Waals surface area contributed by atoms with Crippen LogP contribution in [-0.4, -0.2) is 13.0 Å². The van der Waals surface area contributed by atoms with Crippen molar-refractivity contribution in [3.8, 4) is 5.75 Å². The van der Waals surface area contributed by atoms with Gasteiger partial charge in [0.05, 0.1) is 29.1 Å². The second kappa shape index (κ2) is 7.50. The Morgan fingerprint density at radius 1 is 1.03 bits per heavy atom. The number of nitrogens with zero attached hydrogens (tertiary/aromatic N) is 1. The van der Waals surface area contributed by atoms with Gasteiger partial charge in [-0.05, 0) is 55.0 Å². The van der Waals surface area contributed by atoms with Crippen LogP contribution in [0.2, 0.25) is 5.02 Å². The molecule has 0 N–H and O–H groups in total. The maximum atomic E-state index is 13.6. The SMILES string of the molecule is COc1ccc(N2C(=O)c3oc4ccc(C)cc4c(=O)c3C2c2ccc(F)cc2)cc1Cl. The van der Waals surface area contributed by atoms with E-state index < -0.39 is 17.8 Å². The first-order chi connectivity index (χ1) is 15.4. The van der Waals surface area contributed by atoms with Gasteiger partial charge >= 0.3 is 0 Å². The van der Waals surface area contributed by atoms with Crippen LogP contribution in [0.25, 0.3) is 11.0 Å². The minimum absolute atomic E-state index is 0.0346. The number of hydrogen-bond acceptors (Lipinski definition) is 4. The predicted molar refractivity (Wildman–Crippen MR) is 120 cm³/mol. The van der Waals surface area contributed by atoms with Gasteiger partial charge in [-0.1, -0.05) is 35.4 Å². The Kier molecular flexibility index (Phi) is 4.75. The molecule has 1 aliphatic rings. The van der Waals surface area contributed by atoms with Crippen molar-refractivity contribution in [1.82, 2.24) is 0 Å². The molecule has 32 heavy (non-hydrogen) atoms. The van der Waals surface area contributed by atoms with Gasteiger partial charge in [0.1, 0.15) is 17.1 Å². The number of aryl methyl sites for hydroxylation is 1. The minimum Gasteiger partial charge on any atom is -0.495 e. The average Bonchev–Trinajstić information content (AvgIpc) is 3.07. The third-order valence-electron chi connectivity index (χ3n) is 5.62. The lowest BCUT2D eigenvalue weighted by Crippen LogP contribution is -2.29. The van der Waals surface area contributed by atoms with E-state index >= 15 is 0 Å². The molecule has 1 unspecified atom stereocenters. The summed E-state index contributed by atoms with van der Waals surface area (Å²) >= 11 is 6.32. The van der Waals surface area contributed by atoms with Gasteiger partial charge in [-0.2, -0.15) is 0 Å². The highest BCUT2D eigenvalue weighted by atomic mass is 35.5. The molecule has 5 nitrogen and oxygen atoms in total. The smallest absolute Gasteiger partial charge is 0.295 e. The lowest BCUT2D eigenvalue weighted by molar-refractivity contribution is 0.0971. The Hall–Kier alpha value is -3.64. The van der Waals surface area contributed by atoms with Gasteiger partial charge in [-0.3, -0.25) is 14.5 Å². The number of rotatable bonds is 3. The number of methoxy groups -OCH3 is 1. The van der Waals surface area contributed by atoms with E-state index in [0.29, 0.717) is 33.0 Å². The molecule has 1 aliphatic heterocycles. The molecule has 4 aromatic rings. The van der Waals surface area contributed by atoms with E-state index in [1.165, 1.54) is 24.1 Å². The van der Waals surface area contributed by atoms with Gasteiger partial charge in [-0.15, -0.1) is 0 Å². The summed E-state index contributed by atoms with van der Waals surface area (Å²) in [6.07, 6.45) is 0. The summed E-state index contributed by atoms with van der Waals surface area (Å²) in [6.45, 7) is 1.88. The third-order valence-corrected chi connectivity index (χ3v) is 5.92. The van der Waals surface area contributed by atoms with Gasteiger partial charge in [0.15, 0.2) is 5.43 Å². The second-order valence-corrected chi connectivity index (χ2v) is 8.03. The summed E-state index contributed by atoms with van der Waals surface area (Å²) in [5.74, 6) is -0.477. The number of amides is 1. The normalized spacial score (nSPS) is 15.3. The number of benzene rings is 3. The minimum atomic E-state index is -0.802. The predicted octanol–water partition coefficient (Wildman–Crippen LogP) is 5.65. The van der Waals surface area contributed by atoms with E-state index in [-0.39, 0.29) is 16.8 Å². The highest BCUT2D eigenvalue weighted by Gasteiger charge is 2.43. The summed E-state index contributed by atoms with van der Waals surface area (Å²) < 4.78 is 24.8. The molecule has 0 fully saturated rings. The Morgan fingerprint density at radius 3 is 2.47 bits per heavy atom. The zero-order chi connectivity index (χ0) is 22.6. The Balaban J connectivity index is 1.80. The third kappa shape index (κ3) is 3.07. The average molecular weight is 450 g/mol. The molecule has 0 bridgehead atoms. The monoisotopic (exact) mass is 449 g/mol. The number of halogens is 2. The van der Waals surface area contributed by atoms with Crippen LogP contribution in [0.5, 0.6) is 5.75 Å². The lowest BCUT2D eigenvalue weighted by Gasteiger charge is -2.25. The molecule has 1 aromatic heterocycles. The van der Waals surface area contributed by atoms with E-state index in [0.717, 1.165) is 5.56 Å². The fraction of sp³-hybridized carbons (Fsp3) is 0.120. The summed E-state index contributed by atoms with van der Waals surface area (Å²) in [7, 11) is 1.50. The summed E-state index contributed by atoms with van der Waals surface area (Å²) in [4.78, 5) is 28.5. The van der Waals surface area contributed by atoms with Crippen LogP contribution in [0.15, 0.2) is 69.9 Å². The van der Waals surface area contributed by atoms with Crippen molar-refractivity contribution in [2.75, 3.05) is 12.0 Å². The quantitative estimate of drug-likeness (QED) is 0.405. The Labute approximate surface area is 187 Å². The lowest BCUT2D eigenvalue weighted by atomic mass is 9.98. The zero-order valence-corrected chi connectivity index (χ0v) is 17.9. The molecular weight excluding hydrogens is 433 g/mol. The first kappa shape index (κ1) is 20.3. The number of hydrogen-bond donors (Lipinski definition) is 0. The molecule has 0 spiro atoms. The standard InChI is InChI=1S/C25H17ClFNO4/c1-13-3-9-19-17(11-13)23(29)21-22(14-4-6-15(27)7-5-14)28(25(30)24(21)32-19)16-8-10-20(31-2)18(26)12-16/h3-12,22H,1-2H3. The van der Waals surface area contributed by atoms with Crippen LogP contribution in [-0.2, 0) is 0 Å². The number of fused-ring (bicyclic) bond motifs is 2. The van der Waals surface area contributed by atoms with Crippen molar-refractivity contribution < 1.29 is 18.3 Å². The van der Waals surface area contributed by atoms with Crippen molar-refractivity contribution in [3.63, 3.8) is 0 Å². The molecule has 5 rings (SSSR count). The molecule has 160 valence electrons. The molecule has 7 heteroatoms. The van der Waals surface area contributed by atoms with Crippen molar-refractivity contribution in [1.29, 1.82) is 0 Å². The molecule has 0 saturated heterocycles. The molecule has 1 amide bonds. The largest absolute Gasteiger partial charge is 0.495 e.